The molecule has 8 nitrogen and oxygen atoms in total. The van der Waals surface area contributed by atoms with Gasteiger partial charge in [-0.2, -0.15) is 0 Å². The van der Waals surface area contributed by atoms with Gasteiger partial charge in [-0.05, 0) is 72.8 Å². The van der Waals surface area contributed by atoms with Crippen LogP contribution in [-0.2, 0) is 0 Å². The maximum Gasteiger partial charge on any atom is 0.263 e. The summed E-state index contributed by atoms with van der Waals surface area (Å²) in [6.45, 7) is 0. The number of para-hydroxylation sites is 2. The lowest BCUT2D eigenvalue weighted by molar-refractivity contribution is 1.04. The summed E-state index contributed by atoms with van der Waals surface area (Å²) >= 11 is 0. The second-order valence-corrected chi connectivity index (χ2v) is 11.7. The first-order valence-electron chi connectivity index (χ1n) is 15.5. The average molecular weight is 625 g/mol. The normalized spacial score (nSPS) is 11.7. The zero-order valence-electron chi connectivity index (χ0n) is 25.2. The number of aromatic nitrogens is 4. The molecule has 48 heavy (non-hydrogen) atoms. The molecule has 0 fully saturated rings. The Morgan fingerprint density at radius 1 is 0.354 bits per heavy atom. The van der Waals surface area contributed by atoms with Gasteiger partial charge < -0.3 is 9.97 Å². The van der Waals surface area contributed by atoms with E-state index in [1.807, 2.05) is 109 Å². The molecule has 2 N–H and O–H groups in total. The Kier molecular flexibility index (Phi) is 5.94. The van der Waals surface area contributed by atoms with Crippen molar-refractivity contribution >= 4 is 65.2 Å². The molecule has 10 rings (SSSR count). The number of H-pyrrole nitrogens is 2. The summed E-state index contributed by atoms with van der Waals surface area (Å²) in [5.41, 5.74) is 4.00. The molecule has 0 unspecified atom stereocenters. The van der Waals surface area contributed by atoms with Crippen LogP contribution in [0.3, 0.4) is 0 Å². The van der Waals surface area contributed by atoms with Gasteiger partial charge in [-0.3, -0.25) is 28.3 Å². The molecule has 0 bridgehead atoms. The van der Waals surface area contributed by atoms with Crippen LogP contribution in [0.15, 0.2) is 153 Å². The Bertz CT molecular complexity index is 2870. The van der Waals surface area contributed by atoms with E-state index in [2.05, 4.69) is 9.97 Å². The zero-order valence-corrected chi connectivity index (χ0v) is 25.2. The number of hydrogen-bond donors (Lipinski definition) is 2. The molecule has 0 amide bonds. The summed E-state index contributed by atoms with van der Waals surface area (Å²) in [6, 6.07) is 41.0. The molecule has 0 radical (unpaired) electrons. The standard InChI is InChI=1S/C26H16N2O2.C14H8N2O2/c29-25-19-13-8-16-22-24(19)23-20(26(30)28(22)18-11-5-2-6-12-18)14-7-15-21(23)27(25)17-9-3-1-4-10-17;17-13-7-3-1-5-9-11(7)12-8(14(18)15-9)4-2-6-10(12)16-13/h1-16H;1-6H,(H,15,18)(H,16,17). The van der Waals surface area contributed by atoms with Crippen molar-refractivity contribution in [2.45, 2.75) is 0 Å². The van der Waals surface area contributed by atoms with Gasteiger partial charge >= 0.3 is 0 Å². The van der Waals surface area contributed by atoms with E-state index in [9.17, 15) is 19.2 Å². The molecule has 0 atom stereocenters. The highest BCUT2D eigenvalue weighted by Gasteiger charge is 2.20. The largest absolute Gasteiger partial charge is 0.321 e. The Balaban J connectivity index is 0.000000148. The van der Waals surface area contributed by atoms with Crippen LogP contribution in [0, 0.1) is 0 Å². The van der Waals surface area contributed by atoms with Crippen LogP contribution in [0.2, 0.25) is 0 Å². The van der Waals surface area contributed by atoms with E-state index in [4.69, 9.17) is 0 Å². The predicted molar refractivity (Wildman–Crippen MR) is 193 cm³/mol. The van der Waals surface area contributed by atoms with E-state index < -0.39 is 0 Å². The number of hydrogen-bond acceptors (Lipinski definition) is 4. The lowest BCUT2D eigenvalue weighted by Crippen LogP contribution is -2.24. The summed E-state index contributed by atoms with van der Waals surface area (Å²) < 4.78 is 3.41. The maximum absolute atomic E-state index is 13.6. The fourth-order valence-corrected chi connectivity index (χ4v) is 7.07. The van der Waals surface area contributed by atoms with E-state index >= 15 is 0 Å². The molecule has 0 aliphatic heterocycles. The number of benzene rings is 6. The van der Waals surface area contributed by atoms with Crippen molar-refractivity contribution in [3.8, 4) is 11.4 Å². The smallest absolute Gasteiger partial charge is 0.263 e. The summed E-state index contributed by atoms with van der Waals surface area (Å²) in [5.74, 6) is 0. The van der Waals surface area contributed by atoms with E-state index in [0.717, 1.165) is 44.0 Å². The molecule has 0 saturated carbocycles. The summed E-state index contributed by atoms with van der Waals surface area (Å²) in [7, 11) is 0. The minimum Gasteiger partial charge on any atom is -0.321 e. The third kappa shape index (κ3) is 3.89. The third-order valence-electron chi connectivity index (χ3n) is 9.08. The van der Waals surface area contributed by atoms with Gasteiger partial charge in [0.05, 0.1) is 21.8 Å². The monoisotopic (exact) mass is 624 g/mol. The van der Waals surface area contributed by atoms with Crippen molar-refractivity contribution in [1.29, 1.82) is 0 Å². The lowest BCUT2D eigenvalue weighted by atomic mass is 9.99. The molecular formula is C40H24N4O4. The van der Waals surface area contributed by atoms with Crippen LogP contribution in [0.1, 0.15) is 0 Å². The molecule has 228 valence electrons. The number of aromatic amines is 2. The molecular weight excluding hydrogens is 600 g/mol. The fraction of sp³-hybridized carbons (Fsp3) is 0. The molecule has 0 aliphatic rings. The van der Waals surface area contributed by atoms with Crippen LogP contribution in [0.25, 0.3) is 76.5 Å². The van der Waals surface area contributed by atoms with Crippen LogP contribution >= 0.6 is 0 Å². The molecule has 0 spiro atoms. The average Bonchev–Trinajstić information content (AvgIpc) is 3.12. The molecule has 10 aromatic rings. The minimum absolute atomic E-state index is 0.0925. The van der Waals surface area contributed by atoms with Crippen LogP contribution < -0.4 is 22.2 Å². The highest BCUT2D eigenvalue weighted by atomic mass is 16.1. The lowest BCUT2D eigenvalue weighted by Gasteiger charge is -2.19. The first kappa shape index (κ1) is 27.5. The van der Waals surface area contributed by atoms with Crippen molar-refractivity contribution in [3.05, 3.63) is 175 Å². The highest BCUT2D eigenvalue weighted by Crippen LogP contribution is 2.33. The van der Waals surface area contributed by atoms with Crippen molar-refractivity contribution in [3.63, 3.8) is 0 Å². The molecule has 8 heteroatoms. The van der Waals surface area contributed by atoms with Gasteiger partial charge in [0.25, 0.3) is 22.2 Å². The number of rotatable bonds is 2. The summed E-state index contributed by atoms with van der Waals surface area (Å²) in [5, 5.41) is 5.71. The van der Waals surface area contributed by atoms with Crippen molar-refractivity contribution in [1.82, 2.24) is 19.1 Å². The van der Waals surface area contributed by atoms with E-state index in [-0.39, 0.29) is 22.2 Å². The number of nitrogens with one attached hydrogen (secondary N) is 2. The number of nitrogens with zero attached hydrogens (tertiary/aromatic N) is 2. The molecule has 4 aromatic heterocycles. The first-order valence-corrected chi connectivity index (χ1v) is 15.5. The van der Waals surface area contributed by atoms with Crippen LogP contribution in [0.5, 0.6) is 0 Å². The zero-order chi connectivity index (χ0) is 32.5. The molecule has 0 saturated heterocycles. The quantitative estimate of drug-likeness (QED) is 0.205. The maximum atomic E-state index is 13.6. The molecule has 6 aromatic carbocycles. The van der Waals surface area contributed by atoms with Gasteiger partial charge in [-0.25, -0.2) is 0 Å². The minimum atomic E-state index is -0.132. The Morgan fingerprint density at radius 3 is 1.15 bits per heavy atom. The Hall–Kier alpha value is -6.80. The van der Waals surface area contributed by atoms with Crippen molar-refractivity contribution in [2.75, 3.05) is 0 Å². The van der Waals surface area contributed by atoms with Crippen LogP contribution in [0.4, 0.5) is 0 Å². The molecule has 4 heterocycles. The van der Waals surface area contributed by atoms with Gasteiger partial charge in [-0.1, -0.05) is 60.7 Å². The van der Waals surface area contributed by atoms with Gasteiger partial charge in [0, 0.05) is 54.7 Å². The summed E-state index contributed by atoms with van der Waals surface area (Å²) in [4.78, 5) is 56.9. The van der Waals surface area contributed by atoms with Gasteiger partial charge in [0.15, 0.2) is 0 Å². The van der Waals surface area contributed by atoms with Crippen LogP contribution in [-0.4, -0.2) is 19.1 Å². The second-order valence-electron chi connectivity index (χ2n) is 11.7. The highest BCUT2D eigenvalue weighted by molar-refractivity contribution is 6.22. The van der Waals surface area contributed by atoms with Gasteiger partial charge in [-0.15, -0.1) is 0 Å². The van der Waals surface area contributed by atoms with Crippen molar-refractivity contribution in [2.24, 2.45) is 0 Å². The molecule has 0 aliphatic carbocycles. The number of pyridine rings is 4. The second kappa shape index (κ2) is 10.4. The van der Waals surface area contributed by atoms with E-state index in [1.165, 1.54) is 0 Å². The SMILES string of the molecule is O=c1[nH]c2cccc3c(=O)[nH]c4cccc1c4c23.O=c1c2cccc3c2c2c(cccc2n1-c1ccccc1)c(=O)n3-c1ccccc1. The van der Waals surface area contributed by atoms with E-state index in [1.54, 1.807) is 33.4 Å². The Labute approximate surface area is 270 Å². The van der Waals surface area contributed by atoms with Gasteiger partial charge in [0.2, 0.25) is 0 Å². The van der Waals surface area contributed by atoms with Gasteiger partial charge in [0.1, 0.15) is 0 Å². The summed E-state index contributed by atoms with van der Waals surface area (Å²) in [6.07, 6.45) is 0. The predicted octanol–water partition coefficient (Wildman–Crippen LogP) is 6.85. The third-order valence-corrected chi connectivity index (χ3v) is 9.08. The Morgan fingerprint density at radius 2 is 0.729 bits per heavy atom. The van der Waals surface area contributed by atoms with E-state index in [0.29, 0.717) is 32.6 Å². The van der Waals surface area contributed by atoms with Crippen molar-refractivity contribution < 1.29 is 0 Å². The first-order chi connectivity index (χ1) is 23.5. The fourth-order valence-electron chi connectivity index (χ4n) is 7.07. The topological polar surface area (TPSA) is 110 Å².